The van der Waals surface area contributed by atoms with Gasteiger partial charge in [0.1, 0.15) is 6.29 Å². The molecule has 0 bridgehead atoms. The molecule has 0 saturated carbocycles. The van der Waals surface area contributed by atoms with Gasteiger partial charge in [-0.3, -0.25) is 0 Å². The van der Waals surface area contributed by atoms with E-state index in [2.05, 4.69) is 11.8 Å². The number of hydrogen-bond donors (Lipinski definition) is 0. The molecule has 1 rings (SSSR count). The van der Waals surface area contributed by atoms with Gasteiger partial charge < -0.3 is 14.3 Å². The zero-order chi connectivity index (χ0) is 9.36. The van der Waals surface area contributed by atoms with Crippen LogP contribution in [0.3, 0.4) is 0 Å². The van der Waals surface area contributed by atoms with E-state index < -0.39 is 0 Å². The number of aldehydes is 1. The highest BCUT2D eigenvalue weighted by Gasteiger charge is 2.09. The van der Waals surface area contributed by atoms with Crippen molar-refractivity contribution in [2.24, 2.45) is 0 Å². The van der Waals surface area contributed by atoms with Crippen molar-refractivity contribution >= 4 is 6.29 Å². The summed E-state index contributed by atoms with van der Waals surface area (Å²) in [6, 6.07) is 0. The van der Waals surface area contributed by atoms with Gasteiger partial charge in [-0.25, -0.2) is 0 Å². The maximum absolute atomic E-state index is 9.97. The molecule has 3 heteroatoms. The molecule has 1 aliphatic rings. The largest absolute Gasteiger partial charge is 0.342 e. The molecule has 1 saturated heterocycles. The SMILES string of the molecule is O=CCCCC#CC1OCCCO1. The summed E-state index contributed by atoms with van der Waals surface area (Å²) in [5.74, 6) is 5.80. The first-order valence-electron chi connectivity index (χ1n) is 4.58. The van der Waals surface area contributed by atoms with Gasteiger partial charge in [-0.05, 0) is 18.8 Å². The number of unbranched alkanes of at least 4 members (excludes halogenated alkanes) is 2. The van der Waals surface area contributed by atoms with Crippen molar-refractivity contribution in [3.63, 3.8) is 0 Å². The first-order chi connectivity index (χ1) is 6.43. The highest BCUT2D eigenvalue weighted by Crippen LogP contribution is 2.03. The van der Waals surface area contributed by atoms with E-state index in [1.807, 2.05) is 0 Å². The molecule has 13 heavy (non-hydrogen) atoms. The lowest BCUT2D eigenvalue weighted by atomic mass is 10.2. The molecule has 0 unspecified atom stereocenters. The molecule has 72 valence electrons. The van der Waals surface area contributed by atoms with Crippen LogP contribution in [0.1, 0.15) is 25.7 Å². The molecule has 0 aromatic rings. The molecule has 0 radical (unpaired) electrons. The Labute approximate surface area is 78.4 Å². The fourth-order valence-electron chi connectivity index (χ4n) is 1.00. The van der Waals surface area contributed by atoms with Crippen LogP contribution < -0.4 is 0 Å². The Hall–Kier alpha value is -0.850. The van der Waals surface area contributed by atoms with E-state index >= 15 is 0 Å². The Kier molecular flexibility index (Phi) is 5.23. The van der Waals surface area contributed by atoms with Crippen molar-refractivity contribution in [3.8, 4) is 11.8 Å². The molecule has 1 fully saturated rings. The maximum Gasteiger partial charge on any atom is 0.222 e. The van der Waals surface area contributed by atoms with Crippen LogP contribution in [0.5, 0.6) is 0 Å². The predicted molar refractivity (Wildman–Crippen MR) is 48.0 cm³/mol. The minimum absolute atomic E-state index is 0.343. The summed E-state index contributed by atoms with van der Waals surface area (Å²) >= 11 is 0. The normalized spacial score (nSPS) is 17.5. The van der Waals surface area contributed by atoms with Gasteiger partial charge in [-0.15, -0.1) is 0 Å². The van der Waals surface area contributed by atoms with Crippen molar-refractivity contribution in [2.45, 2.75) is 32.0 Å². The summed E-state index contributed by atoms with van der Waals surface area (Å²) in [5, 5.41) is 0. The van der Waals surface area contributed by atoms with Gasteiger partial charge in [0.15, 0.2) is 0 Å². The lowest BCUT2D eigenvalue weighted by molar-refractivity contribution is -0.144. The zero-order valence-corrected chi connectivity index (χ0v) is 7.62. The van der Waals surface area contributed by atoms with Crippen LogP contribution in [0, 0.1) is 11.8 Å². The van der Waals surface area contributed by atoms with Crippen LogP contribution >= 0.6 is 0 Å². The minimum atomic E-state index is -0.343. The van der Waals surface area contributed by atoms with Gasteiger partial charge in [0.2, 0.25) is 6.29 Å². The predicted octanol–water partition coefficient (Wildman–Crippen LogP) is 1.12. The average Bonchev–Trinajstić information content (AvgIpc) is 2.19. The van der Waals surface area contributed by atoms with Gasteiger partial charge in [0.05, 0.1) is 13.2 Å². The van der Waals surface area contributed by atoms with Gasteiger partial charge >= 0.3 is 0 Å². The Balaban J connectivity index is 2.09. The average molecular weight is 182 g/mol. The van der Waals surface area contributed by atoms with Gasteiger partial charge in [0, 0.05) is 12.8 Å². The molecule has 0 atom stereocenters. The Morgan fingerprint density at radius 2 is 2.15 bits per heavy atom. The first kappa shape index (κ1) is 10.2. The van der Waals surface area contributed by atoms with Crippen LogP contribution in [0.25, 0.3) is 0 Å². The second-order valence-corrected chi connectivity index (χ2v) is 2.81. The molecule has 0 amide bonds. The molecule has 0 aromatic heterocycles. The highest BCUT2D eigenvalue weighted by atomic mass is 16.7. The first-order valence-corrected chi connectivity index (χ1v) is 4.58. The van der Waals surface area contributed by atoms with E-state index in [0.29, 0.717) is 6.42 Å². The van der Waals surface area contributed by atoms with E-state index in [4.69, 9.17) is 9.47 Å². The fourth-order valence-corrected chi connectivity index (χ4v) is 1.00. The summed E-state index contributed by atoms with van der Waals surface area (Å²) < 4.78 is 10.4. The highest BCUT2D eigenvalue weighted by molar-refractivity contribution is 5.49. The smallest absolute Gasteiger partial charge is 0.222 e. The summed E-state index contributed by atoms with van der Waals surface area (Å²) in [6.45, 7) is 1.46. The van der Waals surface area contributed by atoms with Gasteiger partial charge in [0.25, 0.3) is 0 Å². The molecule has 0 N–H and O–H groups in total. The standard InChI is InChI=1S/C10H14O3/c11-7-4-2-1-3-6-10-12-8-5-9-13-10/h7,10H,1-2,4-5,8-9H2. The molecular formula is C10H14O3. The van der Waals surface area contributed by atoms with Gasteiger partial charge in [-0.1, -0.05) is 5.92 Å². The molecule has 1 aliphatic heterocycles. The molecular weight excluding hydrogens is 168 g/mol. The van der Waals surface area contributed by atoms with Crippen molar-refractivity contribution in [3.05, 3.63) is 0 Å². The van der Waals surface area contributed by atoms with Crippen molar-refractivity contribution < 1.29 is 14.3 Å². The Bertz CT molecular complexity index is 196. The maximum atomic E-state index is 9.97. The quantitative estimate of drug-likeness (QED) is 0.373. The van der Waals surface area contributed by atoms with E-state index in [-0.39, 0.29) is 6.29 Å². The number of rotatable bonds is 3. The molecule has 1 heterocycles. The molecule has 3 nitrogen and oxygen atoms in total. The lowest BCUT2D eigenvalue weighted by Gasteiger charge is -2.17. The number of hydrogen-bond acceptors (Lipinski definition) is 3. The minimum Gasteiger partial charge on any atom is -0.342 e. The fraction of sp³-hybridized carbons (Fsp3) is 0.700. The zero-order valence-electron chi connectivity index (χ0n) is 7.62. The summed E-state index contributed by atoms with van der Waals surface area (Å²) in [4.78, 5) is 9.97. The van der Waals surface area contributed by atoms with Crippen molar-refractivity contribution in [1.82, 2.24) is 0 Å². The van der Waals surface area contributed by atoms with Gasteiger partial charge in [-0.2, -0.15) is 0 Å². The Morgan fingerprint density at radius 1 is 1.38 bits per heavy atom. The number of carbonyl (C=O) groups is 1. The van der Waals surface area contributed by atoms with Crippen LogP contribution in [-0.2, 0) is 14.3 Å². The van der Waals surface area contributed by atoms with Crippen molar-refractivity contribution in [2.75, 3.05) is 13.2 Å². The van der Waals surface area contributed by atoms with E-state index in [1.54, 1.807) is 0 Å². The third kappa shape index (κ3) is 4.66. The van der Waals surface area contributed by atoms with E-state index in [0.717, 1.165) is 38.8 Å². The molecule has 0 aromatic carbocycles. The Morgan fingerprint density at radius 3 is 2.85 bits per heavy atom. The summed E-state index contributed by atoms with van der Waals surface area (Å²) in [7, 11) is 0. The summed E-state index contributed by atoms with van der Waals surface area (Å²) in [6.07, 6.45) is 3.66. The third-order valence-corrected chi connectivity index (χ3v) is 1.67. The van der Waals surface area contributed by atoms with E-state index in [9.17, 15) is 4.79 Å². The second-order valence-electron chi connectivity index (χ2n) is 2.81. The lowest BCUT2D eigenvalue weighted by Crippen LogP contribution is -2.22. The third-order valence-electron chi connectivity index (χ3n) is 1.67. The van der Waals surface area contributed by atoms with Crippen LogP contribution in [-0.4, -0.2) is 25.8 Å². The monoisotopic (exact) mass is 182 g/mol. The topological polar surface area (TPSA) is 35.5 Å². The number of carbonyl (C=O) groups excluding carboxylic acids is 1. The second kappa shape index (κ2) is 6.64. The van der Waals surface area contributed by atoms with Crippen LogP contribution in [0.2, 0.25) is 0 Å². The summed E-state index contributed by atoms with van der Waals surface area (Å²) in [5.41, 5.74) is 0. The molecule has 0 spiro atoms. The number of ether oxygens (including phenoxy) is 2. The van der Waals surface area contributed by atoms with Crippen molar-refractivity contribution in [1.29, 1.82) is 0 Å². The van der Waals surface area contributed by atoms with Crippen LogP contribution in [0.4, 0.5) is 0 Å². The van der Waals surface area contributed by atoms with Crippen LogP contribution in [0.15, 0.2) is 0 Å². The molecule has 0 aliphatic carbocycles. The van der Waals surface area contributed by atoms with E-state index in [1.165, 1.54) is 0 Å².